The fourth-order valence-corrected chi connectivity index (χ4v) is 4.10. The minimum atomic E-state index is -0.645. The number of carbonyl (C=O) groups is 1. The van der Waals surface area contributed by atoms with Crippen LogP contribution in [0, 0.1) is 11.7 Å². The van der Waals surface area contributed by atoms with E-state index in [1.54, 1.807) is 18.0 Å². The number of hydrogen-bond donors (Lipinski definition) is 3. The molecule has 1 aromatic carbocycles. The Hall–Kier alpha value is -2.49. The van der Waals surface area contributed by atoms with Gasteiger partial charge >= 0.3 is 0 Å². The van der Waals surface area contributed by atoms with Gasteiger partial charge in [0.05, 0.1) is 18.7 Å². The number of β-amino-alcohol motifs (C(OH)–C–C–N with tert-alkyl or cyclic N) is 1. The van der Waals surface area contributed by atoms with Crippen molar-refractivity contribution in [1.82, 2.24) is 14.9 Å². The average molecular weight is 451 g/mol. The van der Waals surface area contributed by atoms with E-state index in [1.807, 2.05) is 30.0 Å². The molecule has 10 heteroatoms. The Labute approximate surface area is 186 Å². The van der Waals surface area contributed by atoms with Gasteiger partial charge in [-0.2, -0.15) is 4.39 Å². The number of aliphatic hydroxyl groups is 1. The summed E-state index contributed by atoms with van der Waals surface area (Å²) in [5.41, 5.74) is 6.08. The molecule has 2 aromatic rings. The van der Waals surface area contributed by atoms with E-state index in [2.05, 4.69) is 15.3 Å². The van der Waals surface area contributed by atoms with Gasteiger partial charge in [-0.05, 0) is 31.5 Å². The van der Waals surface area contributed by atoms with Gasteiger partial charge in [0.2, 0.25) is 11.7 Å². The first-order valence-electron chi connectivity index (χ1n) is 10.2. The summed E-state index contributed by atoms with van der Waals surface area (Å²) in [6, 6.07) is 7.22. The van der Waals surface area contributed by atoms with E-state index in [-0.39, 0.29) is 30.1 Å². The Morgan fingerprint density at radius 2 is 2.19 bits per heavy atom. The highest BCUT2D eigenvalue weighted by Crippen LogP contribution is 2.31. The normalized spacial score (nSPS) is 20.3. The second kappa shape index (κ2) is 10.2. The lowest BCUT2D eigenvalue weighted by Crippen LogP contribution is -2.48. The molecule has 3 rings (SSSR count). The van der Waals surface area contributed by atoms with Crippen molar-refractivity contribution in [2.75, 3.05) is 43.4 Å². The number of aromatic nitrogens is 2. The molecule has 2 heterocycles. The number of rotatable bonds is 8. The maximum atomic E-state index is 15.2. The van der Waals surface area contributed by atoms with Crippen molar-refractivity contribution in [3.63, 3.8) is 0 Å². The summed E-state index contributed by atoms with van der Waals surface area (Å²) >= 11 is 6.29. The largest absolute Gasteiger partial charge is 0.391 e. The fourth-order valence-electron chi connectivity index (χ4n) is 3.81. The molecule has 0 bridgehead atoms. The first kappa shape index (κ1) is 23.2. The summed E-state index contributed by atoms with van der Waals surface area (Å²) in [6.45, 7) is 3.39. The van der Waals surface area contributed by atoms with Crippen LogP contribution in [0.25, 0.3) is 0 Å². The van der Waals surface area contributed by atoms with Crippen molar-refractivity contribution >= 4 is 29.1 Å². The Morgan fingerprint density at radius 1 is 1.45 bits per heavy atom. The van der Waals surface area contributed by atoms with E-state index in [4.69, 9.17) is 17.3 Å². The summed E-state index contributed by atoms with van der Waals surface area (Å²) in [6.07, 6.45) is 1.32. The Bertz CT molecular complexity index is 917. The Balaban J connectivity index is 1.66. The third-order valence-electron chi connectivity index (χ3n) is 5.76. The molecular weight excluding hydrogens is 423 g/mol. The molecule has 4 N–H and O–H groups in total. The Kier molecular flexibility index (Phi) is 7.64. The van der Waals surface area contributed by atoms with Gasteiger partial charge < -0.3 is 21.1 Å². The third-order valence-corrected chi connectivity index (χ3v) is 6.10. The van der Waals surface area contributed by atoms with E-state index in [0.717, 1.165) is 5.56 Å². The quantitative estimate of drug-likeness (QED) is 0.564. The number of halogens is 2. The van der Waals surface area contributed by atoms with Crippen LogP contribution in [-0.4, -0.2) is 65.2 Å². The number of likely N-dealkylation sites (tertiary alicyclic amines) is 1. The van der Waals surface area contributed by atoms with Gasteiger partial charge in [-0.15, -0.1) is 0 Å². The molecule has 168 valence electrons. The van der Waals surface area contributed by atoms with Crippen LogP contribution in [0.1, 0.15) is 24.9 Å². The molecule has 0 aliphatic carbocycles. The molecule has 3 atom stereocenters. The van der Waals surface area contributed by atoms with E-state index in [9.17, 15) is 9.90 Å². The highest BCUT2D eigenvalue weighted by Gasteiger charge is 2.29. The van der Waals surface area contributed by atoms with Crippen molar-refractivity contribution in [1.29, 1.82) is 0 Å². The van der Waals surface area contributed by atoms with Crippen LogP contribution in [0.3, 0.4) is 0 Å². The number of amides is 1. The molecular formula is C21H28ClFN6O2. The van der Waals surface area contributed by atoms with Gasteiger partial charge in [0.1, 0.15) is 6.33 Å². The lowest BCUT2D eigenvalue weighted by molar-refractivity contribution is -0.120. The standard InChI is InChI=1S/C21H28ClFN6O2/c1-13(15-5-3-4-6-16(15)22)28(2)21-19(23)20(26-12-27-21)25-9-14-7-8-29(10-17(14)30)11-18(24)31/h3-6,12-14,17,30H,7-11H2,1-2H3,(H2,24,31)(H,25,26,27). The van der Waals surface area contributed by atoms with E-state index in [1.165, 1.54) is 6.33 Å². The van der Waals surface area contributed by atoms with Gasteiger partial charge in [0, 0.05) is 31.1 Å². The number of nitrogens with two attached hydrogens (primary N) is 1. The second-order valence-electron chi connectivity index (χ2n) is 7.87. The summed E-state index contributed by atoms with van der Waals surface area (Å²) in [5.74, 6) is -0.850. The summed E-state index contributed by atoms with van der Waals surface area (Å²) in [4.78, 5) is 22.7. The van der Waals surface area contributed by atoms with E-state index in [0.29, 0.717) is 31.1 Å². The van der Waals surface area contributed by atoms with Crippen LogP contribution < -0.4 is 16.0 Å². The number of primary amides is 1. The Morgan fingerprint density at radius 3 is 2.87 bits per heavy atom. The molecule has 31 heavy (non-hydrogen) atoms. The summed E-state index contributed by atoms with van der Waals surface area (Å²) < 4.78 is 15.2. The van der Waals surface area contributed by atoms with Gasteiger partial charge in [0.25, 0.3) is 0 Å². The predicted octanol–water partition coefficient (Wildman–Crippen LogP) is 2.05. The number of aliphatic hydroxyl groups excluding tert-OH is 1. The monoisotopic (exact) mass is 450 g/mol. The third kappa shape index (κ3) is 5.61. The number of hydrogen-bond acceptors (Lipinski definition) is 7. The number of carbonyl (C=O) groups excluding carboxylic acids is 1. The first-order valence-corrected chi connectivity index (χ1v) is 10.6. The van der Waals surface area contributed by atoms with Crippen LogP contribution in [0.4, 0.5) is 16.0 Å². The van der Waals surface area contributed by atoms with Gasteiger partial charge in [-0.25, -0.2) is 9.97 Å². The molecule has 1 aromatic heterocycles. The van der Waals surface area contributed by atoms with Crippen molar-refractivity contribution in [3.8, 4) is 0 Å². The maximum absolute atomic E-state index is 15.2. The number of nitrogens with one attached hydrogen (secondary N) is 1. The number of piperidine rings is 1. The van der Waals surface area contributed by atoms with Crippen LogP contribution in [-0.2, 0) is 4.79 Å². The highest BCUT2D eigenvalue weighted by molar-refractivity contribution is 6.31. The lowest BCUT2D eigenvalue weighted by atomic mass is 9.93. The average Bonchev–Trinajstić information content (AvgIpc) is 2.73. The number of benzene rings is 1. The predicted molar refractivity (Wildman–Crippen MR) is 118 cm³/mol. The van der Waals surface area contributed by atoms with E-state index < -0.39 is 17.8 Å². The number of anilines is 2. The molecule has 1 fully saturated rings. The zero-order valence-corrected chi connectivity index (χ0v) is 18.4. The van der Waals surface area contributed by atoms with E-state index >= 15 is 4.39 Å². The SMILES string of the molecule is CC(c1ccccc1Cl)N(C)c1ncnc(NCC2CCN(CC(N)=O)CC2O)c1F. The highest BCUT2D eigenvalue weighted by atomic mass is 35.5. The first-order chi connectivity index (χ1) is 14.8. The topological polar surface area (TPSA) is 108 Å². The minimum absolute atomic E-state index is 0.0787. The maximum Gasteiger partial charge on any atom is 0.231 e. The molecule has 1 aliphatic rings. The number of nitrogens with zero attached hydrogens (tertiary/aromatic N) is 4. The van der Waals surface area contributed by atoms with Crippen LogP contribution in [0.15, 0.2) is 30.6 Å². The smallest absolute Gasteiger partial charge is 0.231 e. The van der Waals surface area contributed by atoms with Crippen LogP contribution in [0.5, 0.6) is 0 Å². The summed E-state index contributed by atoms with van der Waals surface area (Å²) in [7, 11) is 1.75. The molecule has 0 spiro atoms. The lowest BCUT2D eigenvalue weighted by Gasteiger charge is -2.35. The molecule has 3 unspecified atom stereocenters. The van der Waals surface area contributed by atoms with Crippen LogP contribution in [0.2, 0.25) is 5.02 Å². The zero-order chi connectivity index (χ0) is 22.5. The fraction of sp³-hybridized carbons (Fsp3) is 0.476. The molecule has 8 nitrogen and oxygen atoms in total. The van der Waals surface area contributed by atoms with Crippen molar-refractivity contribution in [2.24, 2.45) is 11.7 Å². The van der Waals surface area contributed by atoms with Crippen molar-refractivity contribution in [2.45, 2.75) is 25.5 Å². The molecule has 0 saturated carbocycles. The second-order valence-corrected chi connectivity index (χ2v) is 8.27. The van der Waals surface area contributed by atoms with Gasteiger partial charge in [-0.3, -0.25) is 9.69 Å². The van der Waals surface area contributed by atoms with Gasteiger partial charge in [-0.1, -0.05) is 29.8 Å². The summed E-state index contributed by atoms with van der Waals surface area (Å²) in [5, 5.41) is 14.0. The van der Waals surface area contributed by atoms with Crippen LogP contribution >= 0.6 is 11.6 Å². The zero-order valence-electron chi connectivity index (χ0n) is 17.6. The van der Waals surface area contributed by atoms with Crippen molar-refractivity contribution < 1.29 is 14.3 Å². The molecule has 1 amide bonds. The molecule has 1 saturated heterocycles. The minimum Gasteiger partial charge on any atom is -0.391 e. The molecule has 0 radical (unpaired) electrons. The molecule has 1 aliphatic heterocycles. The van der Waals surface area contributed by atoms with Gasteiger partial charge in [0.15, 0.2) is 11.6 Å². The van der Waals surface area contributed by atoms with Crippen molar-refractivity contribution in [3.05, 3.63) is 47.0 Å².